The van der Waals surface area contributed by atoms with Crippen LogP contribution in [0.5, 0.6) is 0 Å². The summed E-state index contributed by atoms with van der Waals surface area (Å²) < 4.78 is 0. The number of nitrogens with zero attached hydrogens (tertiary/aromatic N) is 1. The molecule has 0 aliphatic heterocycles. The molecule has 1 heterocycles. The molecule has 1 rings (SSSR count). The predicted molar refractivity (Wildman–Crippen MR) is 49.1 cm³/mol. The molecule has 0 unspecified atom stereocenters. The van der Waals surface area contributed by atoms with E-state index in [-0.39, 0.29) is 46.1 Å². The van der Waals surface area contributed by atoms with Crippen LogP contribution in [0, 0.1) is 0 Å². The van der Waals surface area contributed by atoms with E-state index in [9.17, 15) is 0 Å². The van der Waals surface area contributed by atoms with Crippen molar-refractivity contribution in [3.63, 3.8) is 0 Å². The largest absolute Gasteiger partial charge is 2.00 e. The van der Waals surface area contributed by atoms with Gasteiger partial charge in [0.2, 0.25) is 0 Å². The molecule has 0 radical (unpaired) electrons. The van der Waals surface area contributed by atoms with Gasteiger partial charge in [-0.1, -0.05) is 6.07 Å². The third kappa shape index (κ3) is 22.5. The molecule has 0 saturated heterocycles. The number of hydrogen-bond acceptors (Lipinski definition) is 2. The first-order valence-corrected chi connectivity index (χ1v) is 2.78. The molecule has 0 aliphatic carbocycles. The molecular formula is C7H13CaNO3. The summed E-state index contributed by atoms with van der Waals surface area (Å²) in [5.41, 5.74) is 0. The normalized spacial score (nSPS) is 6.08. The number of pyridine rings is 1. The minimum absolute atomic E-state index is 0. The Bertz CT molecular complexity index is 159. The van der Waals surface area contributed by atoms with Crippen molar-refractivity contribution >= 4 is 43.7 Å². The number of aliphatic carboxylic acids is 1. The molecule has 1 aromatic rings. The van der Waals surface area contributed by atoms with Gasteiger partial charge in [0, 0.05) is 19.3 Å². The zero-order chi connectivity index (χ0) is 7.82. The molecule has 0 amide bonds. The Hall–Kier alpha value is -0.160. The number of carbonyl (C=O) groups is 1. The molecule has 4 nitrogen and oxygen atoms in total. The Morgan fingerprint density at radius 3 is 1.75 bits per heavy atom. The summed E-state index contributed by atoms with van der Waals surface area (Å²) in [5, 5.41) is 7.42. The summed E-state index contributed by atoms with van der Waals surface area (Å²) in [6.07, 6.45) is 3.50. The second kappa shape index (κ2) is 13.4. The van der Waals surface area contributed by atoms with Gasteiger partial charge in [-0.25, -0.2) is 0 Å². The van der Waals surface area contributed by atoms with Gasteiger partial charge in [-0.3, -0.25) is 9.78 Å². The summed E-state index contributed by atoms with van der Waals surface area (Å²) in [7, 11) is 0. The standard InChI is InChI=1S/C5H5N.C2H4O2.Ca.H2O.2H/c1-2-4-6-5-3-1;1-2(3)4;;;;/h1-5H;1H3,(H,3,4);;1H2;;/q;;+2;;2*-1. The Morgan fingerprint density at radius 2 is 1.67 bits per heavy atom. The average molecular weight is 199 g/mol. The Balaban J connectivity index is -0.0000000315. The van der Waals surface area contributed by atoms with Crippen LogP contribution in [0.25, 0.3) is 0 Å². The molecule has 0 bridgehead atoms. The van der Waals surface area contributed by atoms with Crippen molar-refractivity contribution in [2.75, 3.05) is 0 Å². The maximum absolute atomic E-state index is 9.00. The second-order valence-corrected chi connectivity index (χ2v) is 1.54. The van der Waals surface area contributed by atoms with Crippen LogP contribution in [-0.4, -0.2) is 59.3 Å². The van der Waals surface area contributed by atoms with Crippen molar-refractivity contribution in [3.8, 4) is 0 Å². The summed E-state index contributed by atoms with van der Waals surface area (Å²) in [6, 6.07) is 5.72. The van der Waals surface area contributed by atoms with E-state index in [0.29, 0.717) is 0 Å². The number of carboxylic acids is 1. The van der Waals surface area contributed by atoms with Gasteiger partial charge in [0.05, 0.1) is 0 Å². The average Bonchev–Trinajstić information content (AvgIpc) is 1.90. The van der Waals surface area contributed by atoms with Gasteiger partial charge in [-0.05, 0) is 12.1 Å². The van der Waals surface area contributed by atoms with Gasteiger partial charge in [0.25, 0.3) is 5.97 Å². The van der Waals surface area contributed by atoms with Crippen molar-refractivity contribution in [2.45, 2.75) is 6.92 Å². The van der Waals surface area contributed by atoms with Crippen molar-refractivity contribution in [1.29, 1.82) is 0 Å². The summed E-state index contributed by atoms with van der Waals surface area (Å²) in [4.78, 5) is 12.8. The van der Waals surface area contributed by atoms with E-state index in [2.05, 4.69) is 4.98 Å². The van der Waals surface area contributed by atoms with Crippen LogP contribution in [0.1, 0.15) is 9.78 Å². The smallest absolute Gasteiger partial charge is 1.00 e. The van der Waals surface area contributed by atoms with E-state index in [1.54, 1.807) is 12.4 Å². The summed E-state index contributed by atoms with van der Waals surface area (Å²) in [5.74, 6) is -0.833. The van der Waals surface area contributed by atoms with Crippen molar-refractivity contribution < 1.29 is 18.2 Å². The van der Waals surface area contributed by atoms with Gasteiger partial charge in [0.1, 0.15) is 0 Å². The fourth-order valence-electron chi connectivity index (χ4n) is 0.313. The molecule has 12 heavy (non-hydrogen) atoms. The molecule has 0 spiro atoms. The van der Waals surface area contributed by atoms with E-state index in [1.165, 1.54) is 0 Å². The third-order valence-corrected chi connectivity index (χ3v) is 0.566. The molecule has 0 saturated carbocycles. The summed E-state index contributed by atoms with van der Waals surface area (Å²) >= 11 is 0. The second-order valence-electron chi connectivity index (χ2n) is 1.54. The van der Waals surface area contributed by atoms with Gasteiger partial charge >= 0.3 is 37.7 Å². The number of aromatic nitrogens is 1. The van der Waals surface area contributed by atoms with Gasteiger partial charge in [-0.2, -0.15) is 0 Å². The Labute approximate surface area is 104 Å². The molecule has 0 aliphatic rings. The van der Waals surface area contributed by atoms with Crippen LogP contribution in [0.3, 0.4) is 0 Å². The quantitative estimate of drug-likeness (QED) is 0.605. The molecule has 0 aromatic carbocycles. The molecule has 0 fully saturated rings. The minimum atomic E-state index is -0.833. The number of hydrogen-bond donors (Lipinski definition) is 1. The van der Waals surface area contributed by atoms with Crippen LogP contribution in [0.15, 0.2) is 30.6 Å². The van der Waals surface area contributed by atoms with Crippen LogP contribution in [-0.2, 0) is 4.79 Å². The van der Waals surface area contributed by atoms with E-state index in [1.807, 2.05) is 18.2 Å². The maximum atomic E-state index is 9.00. The first-order chi connectivity index (χ1) is 4.73. The van der Waals surface area contributed by atoms with E-state index in [4.69, 9.17) is 9.90 Å². The van der Waals surface area contributed by atoms with Crippen LogP contribution in [0.2, 0.25) is 0 Å². The maximum Gasteiger partial charge on any atom is 2.00 e. The minimum Gasteiger partial charge on any atom is -1.00 e. The topological polar surface area (TPSA) is 81.7 Å². The van der Waals surface area contributed by atoms with Crippen molar-refractivity contribution in [2.24, 2.45) is 0 Å². The third-order valence-electron chi connectivity index (χ3n) is 0.566. The van der Waals surface area contributed by atoms with Crippen LogP contribution < -0.4 is 0 Å². The Kier molecular flexibility index (Phi) is 19.9. The first-order valence-electron chi connectivity index (χ1n) is 2.78. The van der Waals surface area contributed by atoms with E-state index < -0.39 is 5.97 Å². The molecule has 0 atom stereocenters. The zero-order valence-electron chi connectivity index (χ0n) is 8.90. The zero-order valence-corrected chi connectivity index (χ0v) is 9.10. The van der Waals surface area contributed by atoms with Gasteiger partial charge in [0.15, 0.2) is 0 Å². The number of carboxylic acid groups (broad SMARTS) is 1. The van der Waals surface area contributed by atoms with Gasteiger partial charge in [-0.15, -0.1) is 0 Å². The molecule has 1 aromatic heterocycles. The molecule has 3 N–H and O–H groups in total. The first kappa shape index (κ1) is 17.8. The van der Waals surface area contributed by atoms with Gasteiger partial charge < -0.3 is 13.4 Å². The fraction of sp³-hybridized carbons (Fsp3) is 0.143. The van der Waals surface area contributed by atoms with E-state index >= 15 is 0 Å². The van der Waals surface area contributed by atoms with Crippen molar-refractivity contribution in [1.82, 2.24) is 4.98 Å². The SMILES string of the molecule is CC(=O)O.O.[Ca+2].[H-].[H-].c1ccncc1. The molecule has 5 heteroatoms. The molecular weight excluding hydrogens is 186 g/mol. The van der Waals surface area contributed by atoms with E-state index in [0.717, 1.165) is 6.92 Å². The monoisotopic (exact) mass is 199 g/mol. The van der Waals surface area contributed by atoms with Crippen LogP contribution >= 0.6 is 0 Å². The fourth-order valence-corrected chi connectivity index (χ4v) is 0.313. The van der Waals surface area contributed by atoms with Crippen molar-refractivity contribution in [3.05, 3.63) is 30.6 Å². The molecule has 66 valence electrons. The number of rotatable bonds is 0. The summed E-state index contributed by atoms with van der Waals surface area (Å²) in [6.45, 7) is 1.08. The Morgan fingerprint density at radius 1 is 1.33 bits per heavy atom. The van der Waals surface area contributed by atoms with Crippen LogP contribution in [0.4, 0.5) is 0 Å². The predicted octanol–water partition coefficient (Wildman–Crippen LogP) is 0.192.